The molecule has 2 fully saturated rings. The molecular weight excluding hydrogens is 271 g/mol. The summed E-state index contributed by atoms with van der Waals surface area (Å²) in [5.41, 5.74) is -0.653. The Balaban J connectivity index is 1.95. The van der Waals surface area contributed by atoms with Gasteiger partial charge in [0, 0.05) is 0 Å². The van der Waals surface area contributed by atoms with E-state index < -0.39 is 17.2 Å². The summed E-state index contributed by atoms with van der Waals surface area (Å²) < 4.78 is 19.6. The van der Waals surface area contributed by atoms with Gasteiger partial charge < -0.3 is 9.84 Å². The molecule has 2 aliphatic rings. The third-order valence-corrected chi connectivity index (χ3v) is 4.57. The lowest BCUT2D eigenvalue weighted by Gasteiger charge is -2.31. The minimum atomic E-state index is -1.01. The summed E-state index contributed by atoms with van der Waals surface area (Å²) in [5, 5.41) is 9.60. The molecule has 2 heterocycles. The minimum absolute atomic E-state index is 0.00310. The predicted octanol–water partition coefficient (Wildman–Crippen LogP) is 3.04. The number of halogens is 2. The average Bonchev–Trinajstić information content (AvgIpc) is 2.96. The fraction of sp³-hybridized carbons (Fsp3) is 0.500. The van der Waals surface area contributed by atoms with Gasteiger partial charge in [-0.05, 0) is 37.3 Å². The van der Waals surface area contributed by atoms with Gasteiger partial charge in [-0.1, -0.05) is 23.7 Å². The second-order valence-electron chi connectivity index (χ2n) is 5.38. The second kappa shape index (κ2) is 4.46. The molecule has 19 heavy (non-hydrogen) atoms. The van der Waals surface area contributed by atoms with Crippen molar-refractivity contribution in [2.24, 2.45) is 5.41 Å². The number of rotatable bonds is 3. The highest BCUT2D eigenvalue weighted by atomic mass is 35.5. The molecule has 3 unspecified atom stereocenters. The van der Waals surface area contributed by atoms with Crippen molar-refractivity contribution < 1.29 is 19.0 Å². The van der Waals surface area contributed by atoms with Gasteiger partial charge in [0.25, 0.3) is 0 Å². The predicted molar refractivity (Wildman–Crippen MR) is 67.7 cm³/mol. The molecule has 0 aliphatic carbocycles. The van der Waals surface area contributed by atoms with E-state index in [9.17, 15) is 14.3 Å². The van der Waals surface area contributed by atoms with Gasteiger partial charge in [0.1, 0.15) is 11.2 Å². The van der Waals surface area contributed by atoms with Crippen molar-refractivity contribution >= 4 is 17.6 Å². The van der Waals surface area contributed by atoms with Gasteiger partial charge in [0.2, 0.25) is 0 Å². The van der Waals surface area contributed by atoms with E-state index in [0.29, 0.717) is 12.0 Å². The molecule has 5 heteroatoms. The topological polar surface area (TPSA) is 46.5 Å². The van der Waals surface area contributed by atoms with Crippen molar-refractivity contribution in [3.8, 4) is 0 Å². The highest BCUT2D eigenvalue weighted by Crippen LogP contribution is 2.50. The number of ether oxygens (including phenoxy) is 1. The van der Waals surface area contributed by atoms with Gasteiger partial charge in [-0.3, -0.25) is 4.79 Å². The molecule has 2 bridgehead atoms. The van der Waals surface area contributed by atoms with Crippen LogP contribution in [0.2, 0.25) is 5.02 Å². The van der Waals surface area contributed by atoms with Crippen LogP contribution in [0.4, 0.5) is 4.39 Å². The van der Waals surface area contributed by atoms with E-state index >= 15 is 0 Å². The average molecular weight is 285 g/mol. The fourth-order valence-corrected chi connectivity index (χ4v) is 3.51. The molecule has 3 atom stereocenters. The molecule has 1 N–H and O–H groups in total. The molecule has 0 radical (unpaired) electrons. The van der Waals surface area contributed by atoms with Crippen LogP contribution in [-0.2, 0) is 16.0 Å². The van der Waals surface area contributed by atoms with E-state index in [0.717, 1.165) is 12.8 Å². The van der Waals surface area contributed by atoms with Crippen molar-refractivity contribution in [1.82, 2.24) is 0 Å². The summed E-state index contributed by atoms with van der Waals surface area (Å²) in [6.07, 6.45) is 1.92. The van der Waals surface area contributed by atoms with Crippen LogP contribution < -0.4 is 0 Å². The van der Waals surface area contributed by atoms with Crippen molar-refractivity contribution in [1.29, 1.82) is 0 Å². The van der Waals surface area contributed by atoms with Crippen LogP contribution in [0.3, 0.4) is 0 Å². The summed E-state index contributed by atoms with van der Waals surface area (Å²) in [6, 6.07) is 4.70. The maximum Gasteiger partial charge on any atom is 0.312 e. The van der Waals surface area contributed by atoms with E-state index in [1.165, 1.54) is 6.07 Å². The molecule has 0 spiro atoms. The van der Waals surface area contributed by atoms with Crippen molar-refractivity contribution in [2.45, 2.75) is 37.9 Å². The quantitative estimate of drug-likeness (QED) is 0.928. The lowest BCUT2D eigenvalue weighted by Crippen LogP contribution is -2.42. The molecule has 3 rings (SSSR count). The van der Waals surface area contributed by atoms with Gasteiger partial charge in [0.05, 0.1) is 17.2 Å². The Morgan fingerprint density at radius 3 is 2.89 bits per heavy atom. The molecule has 102 valence electrons. The van der Waals surface area contributed by atoms with E-state index in [-0.39, 0.29) is 23.7 Å². The Hall–Kier alpha value is -1.13. The summed E-state index contributed by atoms with van der Waals surface area (Å²) in [5.74, 6) is -1.42. The first-order valence-electron chi connectivity index (χ1n) is 6.35. The van der Waals surface area contributed by atoms with E-state index in [2.05, 4.69) is 0 Å². The van der Waals surface area contributed by atoms with Crippen LogP contribution in [-0.4, -0.2) is 23.3 Å². The lowest BCUT2D eigenvalue weighted by molar-refractivity contribution is -0.152. The Morgan fingerprint density at radius 2 is 2.32 bits per heavy atom. The highest BCUT2D eigenvalue weighted by molar-refractivity contribution is 6.30. The normalized spacial score (nSPS) is 32.7. The van der Waals surface area contributed by atoms with E-state index in [4.69, 9.17) is 16.3 Å². The van der Waals surface area contributed by atoms with Crippen LogP contribution >= 0.6 is 11.6 Å². The number of carbonyl (C=O) groups is 1. The Bertz CT molecular complexity index is 533. The van der Waals surface area contributed by atoms with Crippen molar-refractivity contribution in [2.75, 3.05) is 0 Å². The number of hydrogen-bond acceptors (Lipinski definition) is 2. The Labute approximate surface area is 115 Å². The molecule has 1 aromatic carbocycles. The van der Waals surface area contributed by atoms with E-state index in [1.807, 2.05) is 0 Å². The maximum absolute atomic E-state index is 14.0. The summed E-state index contributed by atoms with van der Waals surface area (Å²) >= 11 is 5.75. The first-order valence-corrected chi connectivity index (χ1v) is 6.72. The monoisotopic (exact) mass is 284 g/mol. The van der Waals surface area contributed by atoms with Crippen molar-refractivity contribution in [3.05, 3.63) is 34.6 Å². The van der Waals surface area contributed by atoms with Crippen LogP contribution in [0.15, 0.2) is 18.2 Å². The van der Waals surface area contributed by atoms with Gasteiger partial charge in [-0.15, -0.1) is 0 Å². The number of aliphatic carboxylic acids is 1. The van der Waals surface area contributed by atoms with Crippen LogP contribution in [0, 0.1) is 11.2 Å². The molecule has 1 aromatic rings. The number of benzene rings is 1. The zero-order valence-corrected chi connectivity index (χ0v) is 11.0. The summed E-state index contributed by atoms with van der Waals surface area (Å²) in [7, 11) is 0. The first kappa shape index (κ1) is 12.9. The maximum atomic E-state index is 14.0. The molecule has 2 saturated heterocycles. The zero-order chi connectivity index (χ0) is 13.6. The van der Waals surface area contributed by atoms with Crippen LogP contribution in [0.1, 0.15) is 24.8 Å². The van der Waals surface area contributed by atoms with Crippen LogP contribution in [0.25, 0.3) is 0 Å². The lowest BCUT2D eigenvalue weighted by atomic mass is 9.70. The molecule has 0 aromatic heterocycles. The first-order chi connectivity index (χ1) is 9.03. The van der Waals surface area contributed by atoms with Gasteiger partial charge in [-0.25, -0.2) is 4.39 Å². The Kier molecular flexibility index (Phi) is 3.02. The molecular formula is C14H14ClFO3. The molecule has 0 saturated carbocycles. The molecule has 3 nitrogen and oxygen atoms in total. The SMILES string of the molecule is O=C(O)C1(Cc2cccc(Cl)c2F)CC2CCC1O2. The zero-order valence-electron chi connectivity index (χ0n) is 10.2. The largest absolute Gasteiger partial charge is 0.481 e. The summed E-state index contributed by atoms with van der Waals surface area (Å²) in [6.45, 7) is 0. The number of carboxylic acids is 1. The smallest absolute Gasteiger partial charge is 0.312 e. The second-order valence-corrected chi connectivity index (χ2v) is 5.79. The third kappa shape index (κ3) is 1.94. The van der Waals surface area contributed by atoms with Crippen LogP contribution in [0.5, 0.6) is 0 Å². The van der Waals surface area contributed by atoms with Gasteiger partial charge in [0.15, 0.2) is 0 Å². The number of fused-ring (bicyclic) bond motifs is 2. The van der Waals surface area contributed by atoms with Gasteiger partial charge >= 0.3 is 5.97 Å². The molecule has 0 amide bonds. The number of hydrogen-bond donors (Lipinski definition) is 1. The van der Waals surface area contributed by atoms with E-state index in [1.54, 1.807) is 12.1 Å². The Morgan fingerprint density at radius 1 is 1.53 bits per heavy atom. The van der Waals surface area contributed by atoms with Crippen molar-refractivity contribution in [3.63, 3.8) is 0 Å². The summed E-state index contributed by atoms with van der Waals surface area (Å²) in [4.78, 5) is 11.7. The van der Waals surface area contributed by atoms with Gasteiger partial charge in [-0.2, -0.15) is 0 Å². The fourth-order valence-electron chi connectivity index (χ4n) is 3.31. The third-order valence-electron chi connectivity index (χ3n) is 4.28. The standard InChI is InChI=1S/C14H14ClFO3/c15-10-3-1-2-8(12(10)16)6-14(13(17)18)7-9-4-5-11(14)19-9/h1-3,9,11H,4-7H2,(H,17,18). The minimum Gasteiger partial charge on any atom is -0.481 e. The number of carboxylic acid groups (broad SMARTS) is 1. The highest BCUT2D eigenvalue weighted by Gasteiger charge is 2.57. The molecule has 2 aliphatic heterocycles.